The van der Waals surface area contributed by atoms with E-state index in [1.165, 1.54) is 0 Å². The van der Waals surface area contributed by atoms with Crippen molar-refractivity contribution in [2.45, 2.75) is 58.2 Å². The highest BCUT2D eigenvalue weighted by atomic mass is 16.3. The van der Waals surface area contributed by atoms with Crippen LogP contribution in [-0.4, -0.2) is 37.2 Å². The smallest absolute Gasteiger partial charge is 0.261 e. The maximum atomic E-state index is 13.0. The molecule has 2 aromatic rings. The summed E-state index contributed by atoms with van der Waals surface area (Å²) >= 11 is 0. The first-order valence-electron chi connectivity index (χ1n) is 9.32. The van der Waals surface area contributed by atoms with E-state index in [4.69, 9.17) is 0 Å². The maximum Gasteiger partial charge on any atom is 0.261 e. The SMILES string of the molecule is C[C@H](O)c1cc2n(n1)CCCN(C(=O)c1cc3c([nH]c1=O)CCCC3)C2. The number of aliphatic hydroxyl groups excluding tert-OH is 1. The molecule has 4 rings (SSSR count). The summed E-state index contributed by atoms with van der Waals surface area (Å²) in [6.45, 7) is 3.36. The average Bonchev–Trinajstić information content (AvgIpc) is 2.93. The number of nitrogens with one attached hydrogen (secondary N) is 1. The first-order valence-corrected chi connectivity index (χ1v) is 9.32. The number of nitrogens with zero attached hydrogens (tertiary/aromatic N) is 3. The Balaban J connectivity index is 1.62. The number of aliphatic hydroxyl groups is 1. The van der Waals surface area contributed by atoms with Gasteiger partial charge in [-0.1, -0.05) is 0 Å². The van der Waals surface area contributed by atoms with Crippen LogP contribution in [-0.2, 0) is 25.9 Å². The second-order valence-corrected chi connectivity index (χ2v) is 7.26. The van der Waals surface area contributed by atoms with E-state index < -0.39 is 6.10 Å². The quantitative estimate of drug-likeness (QED) is 0.854. The van der Waals surface area contributed by atoms with Crippen LogP contribution in [0.25, 0.3) is 0 Å². The lowest BCUT2D eigenvalue weighted by atomic mass is 9.95. The number of rotatable bonds is 2. The van der Waals surface area contributed by atoms with Crippen molar-refractivity contribution in [1.29, 1.82) is 0 Å². The first kappa shape index (κ1) is 17.0. The minimum atomic E-state index is -0.637. The van der Waals surface area contributed by atoms with Gasteiger partial charge < -0.3 is 15.0 Å². The molecular formula is C19H24N4O3. The first-order chi connectivity index (χ1) is 12.5. The summed E-state index contributed by atoms with van der Waals surface area (Å²) in [5.41, 5.74) is 3.51. The van der Waals surface area contributed by atoms with Crippen molar-refractivity contribution in [1.82, 2.24) is 19.7 Å². The Morgan fingerprint density at radius 3 is 2.85 bits per heavy atom. The van der Waals surface area contributed by atoms with Gasteiger partial charge in [-0.3, -0.25) is 14.3 Å². The van der Waals surface area contributed by atoms with Gasteiger partial charge in [0.25, 0.3) is 11.5 Å². The Bertz CT molecular complexity index is 897. The van der Waals surface area contributed by atoms with Crippen LogP contribution >= 0.6 is 0 Å². The lowest BCUT2D eigenvalue weighted by Crippen LogP contribution is -2.35. The molecule has 7 nitrogen and oxygen atoms in total. The van der Waals surface area contributed by atoms with Crippen LogP contribution in [0.4, 0.5) is 0 Å². The maximum absolute atomic E-state index is 13.0. The van der Waals surface area contributed by atoms with Crippen molar-refractivity contribution >= 4 is 5.91 Å². The fourth-order valence-electron chi connectivity index (χ4n) is 3.87. The molecule has 0 saturated heterocycles. The Hall–Kier alpha value is -2.41. The van der Waals surface area contributed by atoms with Gasteiger partial charge in [0.1, 0.15) is 5.56 Å². The Labute approximate surface area is 151 Å². The molecule has 0 fully saturated rings. The normalized spacial score (nSPS) is 18.0. The third-order valence-corrected chi connectivity index (χ3v) is 5.32. The summed E-state index contributed by atoms with van der Waals surface area (Å²) in [5, 5.41) is 14.2. The molecule has 1 aliphatic carbocycles. The minimum Gasteiger partial charge on any atom is -0.387 e. The monoisotopic (exact) mass is 356 g/mol. The molecule has 2 N–H and O–H groups in total. The van der Waals surface area contributed by atoms with Gasteiger partial charge in [0.15, 0.2) is 0 Å². The van der Waals surface area contributed by atoms with Crippen LogP contribution in [0.5, 0.6) is 0 Å². The van der Waals surface area contributed by atoms with Gasteiger partial charge in [-0.05, 0) is 56.7 Å². The number of aryl methyl sites for hydroxylation is 3. The van der Waals surface area contributed by atoms with E-state index in [0.717, 1.165) is 49.1 Å². The summed E-state index contributed by atoms with van der Waals surface area (Å²) < 4.78 is 1.85. The molecule has 1 amide bonds. The number of fused-ring (bicyclic) bond motifs is 2. The number of carbonyl (C=O) groups excluding carboxylic acids is 1. The van der Waals surface area contributed by atoms with Crippen molar-refractivity contribution in [3.05, 3.63) is 50.7 Å². The van der Waals surface area contributed by atoms with Crippen LogP contribution in [0.1, 0.15) is 65.3 Å². The Morgan fingerprint density at radius 2 is 2.04 bits per heavy atom. The van der Waals surface area contributed by atoms with E-state index in [9.17, 15) is 14.7 Å². The number of hydrogen-bond donors (Lipinski definition) is 2. The van der Waals surface area contributed by atoms with E-state index in [2.05, 4.69) is 10.1 Å². The van der Waals surface area contributed by atoms with Crippen molar-refractivity contribution in [3.8, 4) is 0 Å². The van der Waals surface area contributed by atoms with Crippen molar-refractivity contribution in [2.75, 3.05) is 6.54 Å². The number of aromatic amines is 1. The van der Waals surface area contributed by atoms with Crippen molar-refractivity contribution in [2.24, 2.45) is 0 Å². The highest BCUT2D eigenvalue weighted by Gasteiger charge is 2.25. The molecule has 138 valence electrons. The number of carbonyl (C=O) groups is 1. The van der Waals surface area contributed by atoms with Gasteiger partial charge in [0.05, 0.1) is 24.0 Å². The van der Waals surface area contributed by atoms with Crippen LogP contribution < -0.4 is 5.56 Å². The van der Waals surface area contributed by atoms with Gasteiger partial charge >= 0.3 is 0 Å². The number of H-pyrrole nitrogens is 1. The van der Waals surface area contributed by atoms with E-state index in [1.807, 2.05) is 10.7 Å². The molecular weight excluding hydrogens is 332 g/mol. The summed E-state index contributed by atoms with van der Waals surface area (Å²) in [6, 6.07) is 3.63. The zero-order valence-corrected chi connectivity index (χ0v) is 15.0. The summed E-state index contributed by atoms with van der Waals surface area (Å²) in [4.78, 5) is 30.1. The van der Waals surface area contributed by atoms with E-state index in [0.29, 0.717) is 25.3 Å². The summed E-state index contributed by atoms with van der Waals surface area (Å²) in [6.07, 6.45) is 4.10. The number of amides is 1. The number of hydrogen-bond acceptors (Lipinski definition) is 4. The summed E-state index contributed by atoms with van der Waals surface area (Å²) in [5.74, 6) is -0.229. The van der Waals surface area contributed by atoms with Crippen molar-refractivity contribution in [3.63, 3.8) is 0 Å². The summed E-state index contributed by atoms with van der Waals surface area (Å²) in [7, 11) is 0. The second kappa shape index (κ2) is 6.72. The second-order valence-electron chi connectivity index (χ2n) is 7.26. The van der Waals surface area contributed by atoms with Crippen LogP contribution in [0, 0.1) is 0 Å². The van der Waals surface area contributed by atoms with Gasteiger partial charge in [-0.15, -0.1) is 0 Å². The topological polar surface area (TPSA) is 91.2 Å². The van der Waals surface area contributed by atoms with Gasteiger partial charge in [0.2, 0.25) is 0 Å². The molecule has 0 spiro atoms. The molecule has 2 aliphatic rings. The molecule has 1 atom stereocenters. The van der Waals surface area contributed by atoms with E-state index in [1.54, 1.807) is 17.9 Å². The number of pyridine rings is 1. The lowest BCUT2D eigenvalue weighted by molar-refractivity contribution is 0.0743. The molecule has 0 unspecified atom stereocenters. The van der Waals surface area contributed by atoms with Gasteiger partial charge in [0, 0.05) is 18.8 Å². The molecule has 0 aromatic carbocycles. The minimum absolute atomic E-state index is 0.229. The molecule has 26 heavy (non-hydrogen) atoms. The van der Waals surface area contributed by atoms with Crippen LogP contribution in [0.3, 0.4) is 0 Å². The average molecular weight is 356 g/mol. The predicted molar refractivity (Wildman–Crippen MR) is 95.9 cm³/mol. The Kier molecular flexibility index (Phi) is 4.40. The molecule has 0 saturated carbocycles. The van der Waals surface area contributed by atoms with Crippen molar-refractivity contribution < 1.29 is 9.90 Å². The van der Waals surface area contributed by atoms with Gasteiger partial charge in [-0.2, -0.15) is 5.10 Å². The zero-order chi connectivity index (χ0) is 18.3. The highest BCUT2D eigenvalue weighted by molar-refractivity contribution is 5.94. The molecule has 2 aromatic heterocycles. The highest BCUT2D eigenvalue weighted by Crippen LogP contribution is 2.21. The largest absolute Gasteiger partial charge is 0.387 e. The van der Waals surface area contributed by atoms with Crippen LogP contribution in [0.2, 0.25) is 0 Å². The van der Waals surface area contributed by atoms with Crippen LogP contribution in [0.15, 0.2) is 16.9 Å². The zero-order valence-electron chi connectivity index (χ0n) is 15.0. The predicted octanol–water partition coefficient (Wildman–Crippen LogP) is 1.55. The Morgan fingerprint density at radius 1 is 1.23 bits per heavy atom. The number of aromatic nitrogens is 3. The fraction of sp³-hybridized carbons (Fsp3) is 0.526. The molecule has 0 radical (unpaired) electrons. The molecule has 7 heteroatoms. The van der Waals surface area contributed by atoms with E-state index in [-0.39, 0.29) is 17.0 Å². The molecule has 0 bridgehead atoms. The standard InChI is InChI=1S/C19H24N4O3/c1-12(24)17-10-14-11-22(7-4-8-23(14)21-17)19(26)15-9-13-5-2-3-6-16(13)20-18(15)25/h9-10,12,24H,2-8,11H2,1H3,(H,20,25)/t12-/m0/s1. The lowest BCUT2D eigenvalue weighted by Gasteiger charge is -2.21. The third kappa shape index (κ3) is 3.07. The van der Waals surface area contributed by atoms with E-state index >= 15 is 0 Å². The van der Waals surface area contributed by atoms with Gasteiger partial charge in [-0.25, -0.2) is 0 Å². The third-order valence-electron chi connectivity index (χ3n) is 5.32. The molecule has 1 aliphatic heterocycles. The molecule has 3 heterocycles. The fourth-order valence-corrected chi connectivity index (χ4v) is 3.87.